The maximum atomic E-state index is 13.4. The van der Waals surface area contributed by atoms with Crippen LogP contribution in [0.4, 0.5) is 14.5 Å². The molecule has 0 atom stereocenters. The molecule has 108 valence electrons. The molecule has 0 radical (unpaired) electrons. The fourth-order valence-corrected chi connectivity index (χ4v) is 1.82. The predicted octanol–water partition coefficient (Wildman–Crippen LogP) is 2.84. The monoisotopic (exact) mass is 291 g/mol. The Balaban J connectivity index is 2.18. The number of carboxylic acids is 1. The van der Waals surface area contributed by atoms with Crippen LogP contribution in [-0.2, 0) is 11.2 Å². The molecule has 0 fully saturated rings. The molecule has 2 aromatic carbocycles. The molecular formula is C15H11F2NO3. The van der Waals surface area contributed by atoms with Crippen molar-refractivity contribution in [2.24, 2.45) is 0 Å². The summed E-state index contributed by atoms with van der Waals surface area (Å²) in [5, 5.41) is 11.3. The first-order valence-electron chi connectivity index (χ1n) is 6.03. The number of carbonyl (C=O) groups excluding carboxylic acids is 1. The van der Waals surface area contributed by atoms with Crippen LogP contribution < -0.4 is 5.32 Å². The van der Waals surface area contributed by atoms with Gasteiger partial charge < -0.3 is 10.4 Å². The minimum Gasteiger partial charge on any atom is -0.478 e. The van der Waals surface area contributed by atoms with Crippen LogP contribution in [0, 0.1) is 11.6 Å². The maximum Gasteiger partial charge on any atom is 0.337 e. The zero-order chi connectivity index (χ0) is 15.4. The number of benzene rings is 2. The maximum absolute atomic E-state index is 13.4. The van der Waals surface area contributed by atoms with Crippen LogP contribution >= 0.6 is 0 Å². The van der Waals surface area contributed by atoms with Gasteiger partial charge in [0.1, 0.15) is 11.6 Å². The molecule has 0 spiro atoms. The molecule has 4 nitrogen and oxygen atoms in total. The third kappa shape index (κ3) is 3.62. The van der Waals surface area contributed by atoms with Crippen molar-refractivity contribution in [3.05, 3.63) is 65.2 Å². The number of hydrogen-bond acceptors (Lipinski definition) is 2. The minimum atomic E-state index is -1.30. The molecule has 0 aliphatic rings. The number of amides is 1. The van der Waals surface area contributed by atoms with E-state index in [0.717, 1.165) is 18.2 Å². The third-order valence-electron chi connectivity index (χ3n) is 2.79. The van der Waals surface area contributed by atoms with E-state index in [4.69, 9.17) is 5.11 Å². The topological polar surface area (TPSA) is 66.4 Å². The van der Waals surface area contributed by atoms with Crippen molar-refractivity contribution in [3.63, 3.8) is 0 Å². The smallest absolute Gasteiger partial charge is 0.337 e. The molecule has 1 amide bonds. The predicted molar refractivity (Wildman–Crippen MR) is 72.1 cm³/mol. The van der Waals surface area contributed by atoms with Gasteiger partial charge in [0.25, 0.3) is 0 Å². The van der Waals surface area contributed by atoms with Crippen molar-refractivity contribution in [2.45, 2.75) is 6.42 Å². The zero-order valence-electron chi connectivity index (χ0n) is 10.8. The van der Waals surface area contributed by atoms with Gasteiger partial charge in [-0.2, -0.15) is 0 Å². The second kappa shape index (κ2) is 6.13. The Hall–Kier alpha value is -2.76. The van der Waals surface area contributed by atoms with Gasteiger partial charge in [-0.15, -0.1) is 0 Å². The van der Waals surface area contributed by atoms with Crippen molar-refractivity contribution in [2.75, 3.05) is 5.32 Å². The van der Waals surface area contributed by atoms with E-state index >= 15 is 0 Å². The Morgan fingerprint density at radius 1 is 1.10 bits per heavy atom. The average Bonchev–Trinajstić information content (AvgIpc) is 2.41. The number of nitrogens with one attached hydrogen (secondary N) is 1. The molecule has 2 N–H and O–H groups in total. The number of rotatable bonds is 4. The first-order valence-corrected chi connectivity index (χ1v) is 6.03. The lowest BCUT2D eigenvalue weighted by Crippen LogP contribution is -2.17. The Labute approximate surface area is 119 Å². The van der Waals surface area contributed by atoms with Gasteiger partial charge in [-0.25, -0.2) is 13.6 Å². The molecule has 0 unspecified atom stereocenters. The highest BCUT2D eigenvalue weighted by molar-refractivity contribution is 6.01. The summed E-state index contributed by atoms with van der Waals surface area (Å²) in [4.78, 5) is 22.8. The second-order valence-electron chi connectivity index (χ2n) is 4.31. The summed E-state index contributed by atoms with van der Waals surface area (Å²) in [6.45, 7) is 0. The lowest BCUT2D eigenvalue weighted by Gasteiger charge is -2.09. The normalized spacial score (nSPS) is 10.2. The van der Waals surface area contributed by atoms with E-state index in [1.807, 2.05) is 0 Å². The first-order chi connectivity index (χ1) is 9.97. The quantitative estimate of drug-likeness (QED) is 0.910. The second-order valence-corrected chi connectivity index (χ2v) is 4.31. The van der Waals surface area contributed by atoms with Crippen molar-refractivity contribution in [1.82, 2.24) is 0 Å². The summed E-state index contributed by atoms with van der Waals surface area (Å²) >= 11 is 0. The molecule has 0 saturated carbocycles. The Bertz CT molecular complexity index is 701. The molecule has 2 rings (SSSR count). The zero-order valence-corrected chi connectivity index (χ0v) is 10.8. The van der Waals surface area contributed by atoms with Gasteiger partial charge in [0.15, 0.2) is 0 Å². The van der Waals surface area contributed by atoms with Crippen LogP contribution in [0.1, 0.15) is 15.9 Å². The van der Waals surface area contributed by atoms with Crippen LogP contribution in [-0.4, -0.2) is 17.0 Å². The summed E-state index contributed by atoms with van der Waals surface area (Å²) in [5.74, 6) is -3.14. The number of hydrogen-bond donors (Lipinski definition) is 2. The molecular weight excluding hydrogens is 280 g/mol. The highest BCUT2D eigenvalue weighted by Gasteiger charge is 2.14. The molecule has 0 saturated heterocycles. The number of anilines is 1. The molecule has 0 aromatic heterocycles. The van der Waals surface area contributed by atoms with Crippen molar-refractivity contribution in [3.8, 4) is 0 Å². The van der Waals surface area contributed by atoms with Gasteiger partial charge in [0.05, 0.1) is 17.7 Å². The van der Waals surface area contributed by atoms with E-state index in [2.05, 4.69) is 5.32 Å². The summed E-state index contributed by atoms with van der Waals surface area (Å²) in [7, 11) is 0. The average molecular weight is 291 g/mol. The Kier molecular flexibility index (Phi) is 4.27. The van der Waals surface area contributed by atoms with E-state index < -0.39 is 23.5 Å². The fourth-order valence-electron chi connectivity index (χ4n) is 1.82. The summed E-state index contributed by atoms with van der Waals surface area (Å²) < 4.78 is 26.6. The third-order valence-corrected chi connectivity index (χ3v) is 2.79. The van der Waals surface area contributed by atoms with E-state index in [1.165, 1.54) is 18.2 Å². The van der Waals surface area contributed by atoms with Gasteiger partial charge in [-0.05, 0) is 29.8 Å². The van der Waals surface area contributed by atoms with Crippen molar-refractivity contribution < 1.29 is 23.5 Å². The largest absolute Gasteiger partial charge is 0.478 e. The van der Waals surface area contributed by atoms with E-state index in [1.54, 1.807) is 6.07 Å². The molecule has 0 heterocycles. The number of carbonyl (C=O) groups is 2. The van der Waals surface area contributed by atoms with Crippen LogP contribution in [0.15, 0.2) is 42.5 Å². The number of halogens is 2. The van der Waals surface area contributed by atoms with Crippen LogP contribution in [0.3, 0.4) is 0 Å². The van der Waals surface area contributed by atoms with Crippen molar-refractivity contribution in [1.29, 1.82) is 0 Å². The SMILES string of the molecule is O=C(Cc1ccccc1F)Nc1cc(F)ccc1C(=O)O. The van der Waals surface area contributed by atoms with Crippen LogP contribution in [0.2, 0.25) is 0 Å². The van der Waals surface area contributed by atoms with Gasteiger partial charge >= 0.3 is 5.97 Å². The molecule has 0 bridgehead atoms. The van der Waals surface area contributed by atoms with Crippen molar-refractivity contribution >= 4 is 17.6 Å². The van der Waals surface area contributed by atoms with Gasteiger partial charge in [-0.3, -0.25) is 4.79 Å². The molecule has 21 heavy (non-hydrogen) atoms. The minimum absolute atomic E-state index is 0.163. The van der Waals surface area contributed by atoms with Gasteiger partial charge in [0, 0.05) is 0 Å². The molecule has 6 heteroatoms. The first kappa shape index (κ1) is 14.6. The van der Waals surface area contributed by atoms with Crippen LogP contribution in [0.5, 0.6) is 0 Å². The highest BCUT2D eigenvalue weighted by Crippen LogP contribution is 2.18. The molecule has 0 aliphatic carbocycles. The van der Waals surface area contributed by atoms with Crippen LogP contribution in [0.25, 0.3) is 0 Å². The fraction of sp³-hybridized carbons (Fsp3) is 0.0667. The lowest BCUT2D eigenvalue weighted by atomic mass is 10.1. The Morgan fingerprint density at radius 2 is 1.81 bits per heavy atom. The summed E-state index contributed by atoms with van der Waals surface area (Å²) in [6, 6.07) is 8.67. The van der Waals surface area contributed by atoms with E-state index in [9.17, 15) is 18.4 Å². The van der Waals surface area contributed by atoms with Gasteiger partial charge in [0.2, 0.25) is 5.91 Å². The molecule has 2 aromatic rings. The highest BCUT2D eigenvalue weighted by atomic mass is 19.1. The number of aromatic carboxylic acids is 1. The number of carboxylic acid groups (broad SMARTS) is 1. The Morgan fingerprint density at radius 3 is 2.48 bits per heavy atom. The van der Waals surface area contributed by atoms with E-state index in [-0.39, 0.29) is 23.2 Å². The standard InChI is InChI=1S/C15H11F2NO3/c16-10-5-6-11(15(20)21)13(8-10)18-14(19)7-9-3-1-2-4-12(9)17/h1-6,8H,7H2,(H,18,19)(H,20,21). The lowest BCUT2D eigenvalue weighted by molar-refractivity contribution is -0.115. The van der Waals surface area contributed by atoms with Gasteiger partial charge in [-0.1, -0.05) is 18.2 Å². The molecule has 0 aliphatic heterocycles. The summed E-state index contributed by atoms with van der Waals surface area (Å²) in [5.41, 5.74) is -0.231. The summed E-state index contributed by atoms with van der Waals surface area (Å²) in [6.07, 6.45) is -0.276. The van der Waals surface area contributed by atoms with E-state index in [0.29, 0.717) is 0 Å².